The summed E-state index contributed by atoms with van der Waals surface area (Å²) in [5, 5.41) is 0.785. The van der Waals surface area contributed by atoms with Gasteiger partial charge in [-0.15, -0.1) is 0 Å². The van der Waals surface area contributed by atoms with Crippen LogP contribution in [0.15, 0.2) is 18.2 Å². The van der Waals surface area contributed by atoms with Gasteiger partial charge < -0.3 is 4.74 Å². The van der Waals surface area contributed by atoms with Crippen molar-refractivity contribution in [3.05, 3.63) is 33.8 Å². The molecule has 0 saturated carbocycles. The summed E-state index contributed by atoms with van der Waals surface area (Å²) in [5.74, 6) is -0.0565. The van der Waals surface area contributed by atoms with Crippen LogP contribution in [-0.4, -0.2) is 12.6 Å². The van der Waals surface area contributed by atoms with Crippen LogP contribution in [0.4, 0.5) is 0 Å². The number of ether oxygens (including phenoxy) is 1. The molecule has 0 spiro atoms. The second-order valence-corrected chi connectivity index (χ2v) is 4.44. The molecule has 82 valence electrons. The summed E-state index contributed by atoms with van der Waals surface area (Å²) in [4.78, 5) is 11.5. The first-order valence-electron chi connectivity index (χ1n) is 4.63. The lowest BCUT2D eigenvalue weighted by Crippen LogP contribution is -2.10. The van der Waals surface area contributed by atoms with E-state index in [4.69, 9.17) is 27.9 Å². The molecule has 0 amide bonds. The topological polar surface area (TPSA) is 26.3 Å². The van der Waals surface area contributed by atoms with Crippen LogP contribution < -0.4 is 0 Å². The van der Waals surface area contributed by atoms with E-state index in [0.717, 1.165) is 0 Å². The second kappa shape index (κ2) is 5.38. The van der Waals surface area contributed by atoms with Gasteiger partial charge in [0.2, 0.25) is 0 Å². The Bertz CT molecular complexity index is 362. The van der Waals surface area contributed by atoms with Crippen molar-refractivity contribution in [1.82, 2.24) is 0 Å². The predicted molar refractivity (Wildman–Crippen MR) is 61.6 cm³/mol. The summed E-state index contributed by atoms with van der Waals surface area (Å²) in [6.45, 7) is 4.35. The first-order valence-corrected chi connectivity index (χ1v) is 5.38. The lowest BCUT2D eigenvalue weighted by Gasteiger charge is -2.07. The van der Waals surface area contributed by atoms with Crippen molar-refractivity contribution in [3.8, 4) is 0 Å². The molecule has 0 aromatic heterocycles. The van der Waals surface area contributed by atoms with Crippen molar-refractivity contribution in [2.45, 2.75) is 13.8 Å². The van der Waals surface area contributed by atoms with Gasteiger partial charge in [-0.3, -0.25) is 0 Å². The number of rotatable bonds is 3. The fourth-order valence-electron chi connectivity index (χ4n) is 0.949. The highest BCUT2D eigenvalue weighted by atomic mass is 35.5. The average molecular weight is 247 g/mol. The fourth-order valence-corrected chi connectivity index (χ4v) is 1.25. The summed E-state index contributed by atoms with van der Waals surface area (Å²) in [7, 11) is 0. The number of carbonyl (C=O) groups excluding carboxylic acids is 1. The number of carbonyl (C=O) groups is 1. The van der Waals surface area contributed by atoms with E-state index in [1.807, 2.05) is 13.8 Å². The van der Waals surface area contributed by atoms with Crippen LogP contribution in [0.1, 0.15) is 24.2 Å². The molecule has 2 nitrogen and oxygen atoms in total. The van der Waals surface area contributed by atoms with Crippen LogP contribution >= 0.6 is 23.2 Å². The van der Waals surface area contributed by atoms with Crippen LogP contribution in [0.5, 0.6) is 0 Å². The van der Waals surface area contributed by atoms with E-state index in [1.54, 1.807) is 12.1 Å². The van der Waals surface area contributed by atoms with Crippen LogP contribution in [0, 0.1) is 5.92 Å². The first kappa shape index (κ1) is 12.3. The van der Waals surface area contributed by atoms with Crippen LogP contribution in [-0.2, 0) is 4.74 Å². The van der Waals surface area contributed by atoms with Crippen molar-refractivity contribution in [1.29, 1.82) is 0 Å². The summed E-state index contributed by atoms with van der Waals surface area (Å²) in [6.07, 6.45) is 0. The Labute approximate surface area is 99.1 Å². The molecule has 4 heteroatoms. The molecular weight excluding hydrogens is 235 g/mol. The van der Waals surface area contributed by atoms with Crippen LogP contribution in [0.25, 0.3) is 0 Å². The van der Waals surface area contributed by atoms with Gasteiger partial charge in [-0.25, -0.2) is 4.79 Å². The summed E-state index contributed by atoms with van der Waals surface area (Å²) < 4.78 is 5.04. The van der Waals surface area contributed by atoms with Crippen molar-refractivity contribution in [3.63, 3.8) is 0 Å². The number of esters is 1. The van der Waals surface area contributed by atoms with Crippen molar-refractivity contribution in [2.75, 3.05) is 6.61 Å². The molecule has 0 heterocycles. The minimum Gasteiger partial charge on any atom is -0.462 e. The zero-order chi connectivity index (χ0) is 11.4. The Balaban J connectivity index is 2.70. The molecule has 0 N–H and O–H groups in total. The van der Waals surface area contributed by atoms with E-state index in [1.165, 1.54) is 6.07 Å². The average Bonchev–Trinajstić information content (AvgIpc) is 2.18. The molecule has 15 heavy (non-hydrogen) atoms. The standard InChI is InChI=1S/C11H12Cl2O2/c1-7(2)6-15-11(14)8-3-4-9(12)10(13)5-8/h3-5,7H,6H2,1-2H3. The van der Waals surface area contributed by atoms with Gasteiger partial charge in [0.15, 0.2) is 0 Å². The zero-order valence-electron chi connectivity index (χ0n) is 8.59. The third-order valence-electron chi connectivity index (χ3n) is 1.70. The van der Waals surface area contributed by atoms with Crippen molar-refractivity contribution in [2.24, 2.45) is 5.92 Å². The summed E-state index contributed by atoms with van der Waals surface area (Å²) in [5.41, 5.74) is 0.421. The van der Waals surface area contributed by atoms with Crippen molar-refractivity contribution < 1.29 is 9.53 Å². The molecule has 0 aliphatic rings. The van der Waals surface area contributed by atoms with E-state index in [9.17, 15) is 4.79 Å². The minimum atomic E-state index is -0.373. The molecule has 1 aromatic carbocycles. The van der Waals surface area contributed by atoms with Gasteiger partial charge in [-0.1, -0.05) is 37.0 Å². The predicted octanol–water partition coefficient (Wildman–Crippen LogP) is 3.81. The van der Waals surface area contributed by atoms with Crippen LogP contribution in [0.2, 0.25) is 10.0 Å². The monoisotopic (exact) mass is 246 g/mol. The highest BCUT2D eigenvalue weighted by Gasteiger charge is 2.09. The van der Waals surface area contributed by atoms with Crippen LogP contribution in [0.3, 0.4) is 0 Å². The van der Waals surface area contributed by atoms with E-state index in [2.05, 4.69) is 0 Å². The molecule has 0 bridgehead atoms. The molecule has 0 fully saturated rings. The van der Waals surface area contributed by atoms with Gasteiger partial charge in [0.05, 0.1) is 22.2 Å². The maximum absolute atomic E-state index is 11.5. The largest absolute Gasteiger partial charge is 0.462 e. The Morgan fingerprint density at radius 1 is 1.33 bits per heavy atom. The molecule has 0 atom stereocenters. The molecule has 1 aromatic rings. The maximum Gasteiger partial charge on any atom is 0.338 e. The number of benzene rings is 1. The Morgan fingerprint density at radius 3 is 2.53 bits per heavy atom. The highest BCUT2D eigenvalue weighted by Crippen LogP contribution is 2.22. The molecule has 0 saturated heterocycles. The van der Waals surface area contributed by atoms with E-state index in [-0.39, 0.29) is 5.97 Å². The molecular formula is C11H12Cl2O2. The zero-order valence-corrected chi connectivity index (χ0v) is 10.1. The molecule has 0 aliphatic heterocycles. The fraction of sp³-hybridized carbons (Fsp3) is 0.364. The number of halogens is 2. The SMILES string of the molecule is CC(C)COC(=O)c1ccc(Cl)c(Cl)c1. The first-order chi connectivity index (χ1) is 7.00. The van der Waals surface area contributed by atoms with E-state index in [0.29, 0.717) is 28.1 Å². The third-order valence-corrected chi connectivity index (χ3v) is 2.44. The van der Waals surface area contributed by atoms with Gasteiger partial charge in [-0.2, -0.15) is 0 Å². The van der Waals surface area contributed by atoms with Gasteiger partial charge in [0, 0.05) is 0 Å². The van der Waals surface area contributed by atoms with Gasteiger partial charge in [-0.05, 0) is 24.1 Å². The summed E-state index contributed by atoms with van der Waals surface area (Å²) >= 11 is 11.5. The summed E-state index contributed by atoms with van der Waals surface area (Å²) in [6, 6.07) is 4.68. The van der Waals surface area contributed by atoms with Gasteiger partial charge in [0.25, 0.3) is 0 Å². The molecule has 0 radical (unpaired) electrons. The maximum atomic E-state index is 11.5. The smallest absolute Gasteiger partial charge is 0.338 e. The number of hydrogen-bond donors (Lipinski definition) is 0. The Morgan fingerprint density at radius 2 is 2.00 bits per heavy atom. The minimum absolute atomic E-state index is 0.316. The highest BCUT2D eigenvalue weighted by molar-refractivity contribution is 6.42. The van der Waals surface area contributed by atoms with Crippen molar-refractivity contribution >= 4 is 29.2 Å². The normalized spacial score (nSPS) is 10.5. The lowest BCUT2D eigenvalue weighted by molar-refractivity contribution is 0.0459. The van der Waals surface area contributed by atoms with Gasteiger partial charge in [0.1, 0.15) is 0 Å². The van der Waals surface area contributed by atoms with Gasteiger partial charge >= 0.3 is 5.97 Å². The quantitative estimate of drug-likeness (QED) is 0.759. The molecule has 0 aliphatic carbocycles. The number of hydrogen-bond acceptors (Lipinski definition) is 2. The van der Waals surface area contributed by atoms with E-state index >= 15 is 0 Å². The Kier molecular flexibility index (Phi) is 4.43. The Hall–Kier alpha value is -0.730. The second-order valence-electron chi connectivity index (χ2n) is 3.62. The molecule has 1 rings (SSSR count). The molecule has 0 unspecified atom stereocenters. The third kappa shape index (κ3) is 3.73. The lowest BCUT2D eigenvalue weighted by atomic mass is 10.2. The van der Waals surface area contributed by atoms with E-state index < -0.39 is 0 Å².